The van der Waals surface area contributed by atoms with E-state index >= 15 is 0 Å². The maximum atomic E-state index is 7.54. The molecule has 2 nitrogen and oxygen atoms in total. The normalized spacial score (nSPS) is 11.7. The molecule has 3 heteroatoms. The Kier molecular flexibility index (Phi) is 19.1. The Bertz CT molecular complexity index is 960. The molecule has 0 spiro atoms. The Morgan fingerprint density at radius 2 is 0.744 bits per heavy atom. The summed E-state index contributed by atoms with van der Waals surface area (Å²) in [4.78, 5) is 0. The van der Waals surface area contributed by atoms with Gasteiger partial charge in [-0.2, -0.15) is 0 Å². The number of hydrogen-bond acceptors (Lipinski definition) is 2. The van der Waals surface area contributed by atoms with Crippen LogP contribution in [0.25, 0.3) is 0 Å². The zero-order valence-corrected chi connectivity index (χ0v) is 32.6. The predicted molar refractivity (Wildman–Crippen MR) is 193 cm³/mol. The van der Waals surface area contributed by atoms with Crippen molar-refractivity contribution >= 4 is 19.2 Å². The van der Waals surface area contributed by atoms with Crippen molar-refractivity contribution in [3.8, 4) is 11.5 Å². The van der Waals surface area contributed by atoms with Gasteiger partial charge in [-0.25, -0.2) is 0 Å². The zero-order chi connectivity index (χ0) is 31.5. The zero-order valence-electron chi connectivity index (χ0n) is 29.8. The molecule has 0 radical (unpaired) electrons. The van der Waals surface area contributed by atoms with Crippen LogP contribution in [0.5, 0.6) is 11.5 Å². The molecule has 0 bridgehead atoms. The fourth-order valence-corrected chi connectivity index (χ4v) is 16.9. The van der Waals surface area contributed by atoms with Gasteiger partial charge in [0.25, 0.3) is 0 Å². The van der Waals surface area contributed by atoms with Crippen molar-refractivity contribution in [1.29, 1.82) is 0 Å². The summed E-state index contributed by atoms with van der Waals surface area (Å²) in [5, 5.41) is 0. The third-order valence-corrected chi connectivity index (χ3v) is 19.3. The Labute approximate surface area is 273 Å². The van der Waals surface area contributed by atoms with Gasteiger partial charge in [-0.1, -0.05) is 0 Å². The quantitative estimate of drug-likeness (QED) is 0.0802. The van der Waals surface area contributed by atoms with Crippen LogP contribution < -0.4 is 6.15 Å². The van der Waals surface area contributed by atoms with Gasteiger partial charge in [0, 0.05) is 0 Å². The second-order valence-corrected chi connectivity index (χ2v) is 21.8. The fraction of sp³-hybridized carbons (Fsp3) is 0.700. The Balaban J connectivity index is 2.57. The monoisotopic (exact) mass is 700 g/mol. The average molecular weight is 700 g/mol. The van der Waals surface area contributed by atoms with Gasteiger partial charge >= 0.3 is 274 Å². The summed E-state index contributed by atoms with van der Waals surface area (Å²) in [6.07, 6.45) is 22.1. The molecule has 0 amide bonds. The van der Waals surface area contributed by atoms with Crippen molar-refractivity contribution < 1.29 is 6.15 Å². The molecular weight excluding hydrogens is 631 g/mol. The molecule has 0 atom stereocenters. The molecule has 0 fully saturated rings. The van der Waals surface area contributed by atoms with Crippen molar-refractivity contribution in [3.63, 3.8) is 0 Å². The van der Waals surface area contributed by atoms with Gasteiger partial charge in [0.2, 0.25) is 0 Å². The summed E-state index contributed by atoms with van der Waals surface area (Å²) in [5.41, 5.74) is 8.85. The minimum atomic E-state index is -3.65. The van der Waals surface area contributed by atoms with Crippen molar-refractivity contribution in [2.45, 2.75) is 180 Å². The van der Waals surface area contributed by atoms with E-state index in [2.05, 4.69) is 79.7 Å². The maximum absolute atomic E-state index is 7.54. The summed E-state index contributed by atoms with van der Waals surface area (Å²) in [7, 11) is 0. The summed E-state index contributed by atoms with van der Waals surface area (Å²) in [5.74, 6) is 2.28. The van der Waals surface area contributed by atoms with E-state index in [9.17, 15) is 0 Å². The van der Waals surface area contributed by atoms with Gasteiger partial charge < -0.3 is 0 Å². The Morgan fingerprint density at radius 3 is 1.07 bits per heavy atom. The number of unbranched alkanes of at least 4 members (excludes halogenated alkanes) is 10. The minimum absolute atomic E-state index is 1.02. The van der Waals surface area contributed by atoms with Gasteiger partial charge in [0.05, 0.1) is 0 Å². The first-order chi connectivity index (χ1) is 21.0. The Hall–Kier alpha value is -1.16. The first-order valence-corrected chi connectivity index (χ1v) is 25.0. The number of benzene rings is 2. The summed E-state index contributed by atoms with van der Waals surface area (Å²) in [6, 6.07) is 9.32. The molecule has 2 rings (SSSR count). The van der Waals surface area contributed by atoms with Gasteiger partial charge in [-0.05, 0) is 0 Å². The van der Waals surface area contributed by atoms with E-state index in [1.807, 2.05) is 0 Å². The van der Waals surface area contributed by atoms with Crippen LogP contribution >= 0.6 is 0 Å². The Morgan fingerprint density at radius 1 is 0.395 bits per heavy atom. The molecule has 0 aromatic heterocycles. The standard InChI is InChI=1S/2C12H18O.2C8H17.Sn/c2*1-4-9-7-8-12(13)11(6-3)10(9)5-2;2*1-3-5-7-8-6-4-2;/h2*7-8,13H,4-6H2,1-3H3;2*1,3-8H2,2H3;/q;;;;+2/p-2. The third kappa shape index (κ3) is 11.6. The number of rotatable bonds is 24. The van der Waals surface area contributed by atoms with Crippen molar-refractivity contribution in [2.75, 3.05) is 0 Å². The molecular formula is C40H68O2Sn. The van der Waals surface area contributed by atoms with Crippen LogP contribution in [-0.4, -0.2) is 19.2 Å². The van der Waals surface area contributed by atoms with Crippen molar-refractivity contribution in [1.82, 2.24) is 0 Å². The second-order valence-electron chi connectivity index (χ2n) is 12.6. The van der Waals surface area contributed by atoms with E-state index in [0.29, 0.717) is 0 Å². The molecule has 0 heterocycles. The summed E-state index contributed by atoms with van der Waals surface area (Å²) < 4.78 is 17.4. The molecule has 2 aromatic rings. The molecule has 0 saturated carbocycles. The van der Waals surface area contributed by atoms with Crippen LogP contribution in [0, 0.1) is 0 Å². The molecule has 2 aromatic carbocycles. The van der Waals surface area contributed by atoms with Gasteiger partial charge in [0.1, 0.15) is 0 Å². The van der Waals surface area contributed by atoms with Crippen LogP contribution in [0.1, 0.15) is 166 Å². The molecule has 43 heavy (non-hydrogen) atoms. The number of aryl methyl sites for hydroxylation is 2. The molecule has 0 aliphatic heterocycles. The first kappa shape index (κ1) is 38.0. The van der Waals surface area contributed by atoms with Gasteiger partial charge in [-0.3, -0.25) is 0 Å². The fourth-order valence-electron chi connectivity index (χ4n) is 7.05. The van der Waals surface area contributed by atoms with Crippen LogP contribution in [0.4, 0.5) is 0 Å². The molecule has 0 aliphatic carbocycles. The first-order valence-electron chi connectivity index (χ1n) is 18.6. The van der Waals surface area contributed by atoms with E-state index in [0.717, 1.165) is 58.9 Å². The molecule has 0 aliphatic rings. The van der Waals surface area contributed by atoms with Crippen molar-refractivity contribution in [3.05, 3.63) is 57.6 Å². The average Bonchev–Trinajstić information content (AvgIpc) is 3.03. The molecule has 0 unspecified atom stereocenters. The van der Waals surface area contributed by atoms with Crippen molar-refractivity contribution in [2.24, 2.45) is 0 Å². The van der Waals surface area contributed by atoms with Crippen LogP contribution in [0.3, 0.4) is 0 Å². The topological polar surface area (TPSA) is 18.5 Å². The van der Waals surface area contributed by atoms with E-state index in [1.165, 1.54) is 110 Å². The second kappa shape index (κ2) is 21.6. The summed E-state index contributed by atoms with van der Waals surface area (Å²) >= 11 is -3.65. The van der Waals surface area contributed by atoms with E-state index in [-0.39, 0.29) is 0 Å². The van der Waals surface area contributed by atoms with Crippen LogP contribution in [0.2, 0.25) is 8.87 Å². The van der Waals surface area contributed by atoms with E-state index < -0.39 is 19.2 Å². The molecule has 244 valence electrons. The predicted octanol–water partition coefficient (Wildman–Crippen LogP) is 12.7. The third-order valence-electron chi connectivity index (χ3n) is 9.56. The molecule has 0 N–H and O–H groups in total. The number of hydrogen-bond donors (Lipinski definition) is 0. The van der Waals surface area contributed by atoms with E-state index in [4.69, 9.17) is 6.15 Å². The van der Waals surface area contributed by atoms with Gasteiger partial charge in [0.15, 0.2) is 0 Å². The van der Waals surface area contributed by atoms with Crippen LogP contribution in [-0.2, 0) is 38.5 Å². The SMILES string of the molecule is CCCCCCC[CH2][Sn]([CH2]CCCCCCC)([O]c1ccc(CC)c(CC)c1CC)[O]c1ccc(CC)c(CC)c1CC. The molecule has 0 saturated heterocycles. The van der Waals surface area contributed by atoms with Crippen LogP contribution in [0.15, 0.2) is 24.3 Å². The summed E-state index contributed by atoms with van der Waals surface area (Å²) in [6.45, 7) is 18.4. The van der Waals surface area contributed by atoms with Gasteiger partial charge in [-0.15, -0.1) is 0 Å². The van der Waals surface area contributed by atoms with E-state index in [1.54, 1.807) is 0 Å².